The molecular weight excluding hydrogens is 243 g/mol. The zero-order valence-electron chi connectivity index (χ0n) is 9.04. The van der Waals surface area contributed by atoms with Crippen molar-refractivity contribution in [3.8, 4) is 0 Å². The van der Waals surface area contributed by atoms with Gasteiger partial charge in [-0.25, -0.2) is 4.21 Å². The third-order valence-corrected chi connectivity index (χ3v) is 1.65. The summed E-state index contributed by atoms with van der Waals surface area (Å²) in [5.74, 6) is -1.13. The zero-order valence-corrected chi connectivity index (χ0v) is 11.9. The van der Waals surface area contributed by atoms with Gasteiger partial charge in [0.05, 0.1) is 23.9 Å². The van der Waals surface area contributed by atoms with Crippen LogP contribution in [0.5, 0.6) is 0 Å². The van der Waals surface area contributed by atoms with E-state index in [4.69, 9.17) is 0 Å². The summed E-state index contributed by atoms with van der Waals surface area (Å²) < 4.78 is 22.7. The SMILES string of the molecule is CCOS(=O)[O-].O=C([O-])c1ccccc1.[Na+]. The molecule has 7 heteroatoms. The standard InChI is InChI=1S/C7H6O2.C2H6O3S.Na/c8-7(9)6-4-2-1-3-5-6;1-2-5-6(3)4;/h1-5H,(H,8,9);2H2,1H3,(H,3,4);/q;;+1/p-2. The number of benzene rings is 1. The molecule has 1 rings (SSSR count). The van der Waals surface area contributed by atoms with Crippen molar-refractivity contribution in [3.63, 3.8) is 0 Å². The minimum atomic E-state index is -2.32. The van der Waals surface area contributed by atoms with Gasteiger partial charge in [0.15, 0.2) is 0 Å². The van der Waals surface area contributed by atoms with Gasteiger partial charge in [-0.15, -0.1) is 0 Å². The summed E-state index contributed by atoms with van der Waals surface area (Å²) in [6.07, 6.45) is 0. The van der Waals surface area contributed by atoms with E-state index in [9.17, 15) is 18.7 Å². The largest absolute Gasteiger partial charge is 1.00 e. The summed E-state index contributed by atoms with van der Waals surface area (Å²) >= 11 is -2.32. The third kappa shape index (κ3) is 10.3. The van der Waals surface area contributed by atoms with Crippen molar-refractivity contribution in [2.24, 2.45) is 0 Å². The summed E-state index contributed by atoms with van der Waals surface area (Å²) in [5, 5.41) is 10.1. The topological polar surface area (TPSA) is 89.5 Å². The van der Waals surface area contributed by atoms with Crippen molar-refractivity contribution < 1.29 is 52.4 Å². The Labute approximate surface area is 119 Å². The maximum Gasteiger partial charge on any atom is 1.00 e. The van der Waals surface area contributed by atoms with Gasteiger partial charge < -0.3 is 18.6 Å². The molecule has 1 aromatic carbocycles. The second kappa shape index (κ2) is 11.3. The predicted molar refractivity (Wildman–Crippen MR) is 51.3 cm³/mol. The van der Waals surface area contributed by atoms with Crippen LogP contribution in [0.4, 0.5) is 0 Å². The van der Waals surface area contributed by atoms with Gasteiger partial charge in [-0.3, -0.25) is 0 Å². The van der Waals surface area contributed by atoms with Gasteiger partial charge in [0.1, 0.15) is 0 Å². The number of aromatic carboxylic acids is 1. The Morgan fingerprint density at radius 1 is 1.38 bits per heavy atom. The first-order chi connectivity index (χ1) is 7.07. The normalized spacial score (nSPS) is 10.4. The summed E-state index contributed by atoms with van der Waals surface area (Å²) in [6, 6.07) is 8.06. The van der Waals surface area contributed by atoms with E-state index in [1.165, 1.54) is 12.1 Å². The number of hydrogen-bond donors (Lipinski definition) is 0. The van der Waals surface area contributed by atoms with E-state index in [0.29, 0.717) is 0 Å². The molecule has 1 atom stereocenters. The van der Waals surface area contributed by atoms with Crippen LogP contribution in [0.25, 0.3) is 0 Å². The van der Waals surface area contributed by atoms with Crippen molar-refractivity contribution in [3.05, 3.63) is 35.9 Å². The maximum absolute atomic E-state index is 10.1. The molecule has 0 N–H and O–H groups in total. The molecule has 0 aromatic heterocycles. The molecule has 1 aromatic rings. The fraction of sp³-hybridized carbons (Fsp3) is 0.222. The van der Waals surface area contributed by atoms with E-state index >= 15 is 0 Å². The Hall–Kier alpha value is -0.240. The number of hydrogen-bond acceptors (Lipinski definition) is 5. The molecule has 16 heavy (non-hydrogen) atoms. The zero-order chi connectivity index (χ0) is 11.7. The van der Waals surface area contributed by atoms with Gasteiger partial charge in [-0.2, -0.15) is 0 Å². The van der Waals surface area contributed by atoms with Crippen LogP contribution in [0.1, 0.15) is 17.3 Å². The van der Waals surface area contributed by atoms with E-state index in [-0.39, 0.29) is 41.7 Å². The number of carbonyl (C=O) groups is 1. The van der Waals surface area contributed by atoms with Crippen LogP contribution in [0.2, 0.25) is 0 Å². The van der Waals surface area contributed by atoms with Crippen molar-refractivity contribution in [2.45, 2.75) is 6.92 Å². The molecular formula is C9H10NaO5S-. The summed E-state index contributed by atoms with van der Waals surface area (Å²) in [4.78, 5) is 10.1. The fourth-order valence-corrected chi connectivity index (χ4v) is 0.863. The monoisotopic (exact) mass is 253 g/mol. The van der Waals surface area contributed by atoms with E-state index < -0.39 is 17.3 Å². The molecule has 0 aliphatic rings. The number of carboxylic acid groups (broad SMARTS) is 1. The van der Waals surface area contributed by atoms with E-state index in [2.05, 4.69) is 4.18 Å². The molecule has 5 nitrogen and oxygen atoms in total. The van der Waals surface area contributed by atoms with Crippen LogP contribution >= 0.6 is 0 Å². The first-order valence-electron chi connectivity index (χ1n) is 4.06. The van der Waals surface area contributed by atoms with Crippen LogP contribution in [0.15, 0.2) is 30.3 Å². The van der Waals surface area contributed by atoms with Gasteiger partial charge in [0.2, 0.25) is 0 Å². The Morgan fingerprint density at radius 2 is 1.88 bits per heavy atom. The van der Waals surface area contributed by atoms with E-state index in [1.807, 2.05) is 0 Å². The maximum atomic E-state index is 10.1. The number of carboxylic acids is 1. The quantitative estimate of drug-likeness (QED) is 0.420. The molecule has 0 radical (unpaired) electrons. The van der Waals surface area contributed by atoms with Crippen LogP contribution in [-0.2, 0) is 15.5 Å². The second-order valence-electron chi connectivity index (χ2n) is 2.26. The average molecular weight is 253 g/mol. The van der Waals surface area contributed by atoms with Gasteiger partial charge >= 0.3 is 29.6 Å². The molecule has 0 saturated carbocycles. The second-order valence-corrected chi connectivity index (χ2v) is 2.91. The summed E-state index contributed by atoms with van der Waals surface area (Å²) in [6.45, 7) is 1.83. The molecule has 0 aliphatic heterocycles. The molecule has 0 bridgehead atoms. The Morgan fingerprint density at radius 3 is 2.06 bits per heavy atom. The van der Waals surface area contributed by atoms with Gasteiger partial charge in [-0.1, -0.05) is 30.3 Å². The molecule has 1 unspecified atom stereocenters. The van der Waals surface area contributed by atoms with Gasteiger partial charge in [0, 0.05) is 0 Å². The minimum Gasteiger partial charge on any atom is -0.750 e. The predicted octanol–water partition coefficient (Wildman–Crippen LogP) is -3.13. The van der Waals surface area contributed by atoms with Crippen molar-refractivity contribution in [2.75, 3.05) is 6.61 Å². The summed E-state index contributed by atoms with van der Waals surface area (Å²) in [7, 11) is 0. The van der Waals surface area contributed by atoms with Crippen molar-refractivity contribution in [1.29, 1.82) is 0 Å². The minimum absolute atomic E-state index is 0. The molecule has 0 heterocycles. The molecule has 0 spiro atoms. The van der Waals surface area contributed by atoms with E-state index in [1.54, 1.807) is 25.1 Å². The first-order valence-corrected chi connectivity index (χ1v) is 5.06. The number of rotatable bonds is 3. The van der Waals surface area contributed by atoms with Crippen molar-refractivity contribution >= 4 is 17.3 Å². The van der Waals surface area contributed by atoms with Crippen molar-refractivity contribution in [1.82, 2.24) is 0 Å². The van der Waals surface area contributed by atoms with Crippen LogP contribution in [-0.4, -0.2) is 21.3 Å². The average Bonchev–Trinajstić information content (AvgIpc) is 2.20. The van der Waals surface area contributed by atoms with Crippen LogP contribution in [0, 0.1) is 0 Å². The summed E-state index contributed by atoms with van der Waals surface area (Å²) in [5.41, 5.74) is 0.220. The number of carbonyl (C=O) groups excluding carboxylic acids is 1. The molecule has 0 saturated heterocycles. The Kier molecular flexibility index (Phi) is 12.8. The van der Waals surface area contributed by atoms with Gasteiger partial charge in [-0.05, 0) is 12.5 Å². The molecule has 0 fully saturated rings. The first kappa shape index (κ1) is 18.1. The molecule has 0 amide bonds. The van der Waals surface area contributed by atoms with Crippen LogP contribution < -0.4 is 34.7 Å². The van der Waals surface area contributed by atoms with E-state index in [0.717, 1.165) is 0 Å². The molecule has 84 valence electrons. The Balaban J connectivity index is 0. The van der Waals surface area contributed by atoms with Gasteiger partial charge in [0.25, 0.3) is 0 Å². The smallest absolute Gasteiger partial charge is 0.750 e. The third-order valence-electron chi connectivity index (χ3n) is 1.22. The fourth-order valence-electron chi connectivity index (χ4n) is 0.670. The Bertz CT molecular complexity index is 317. The van der Waals surface area contributed by atoms with Crippen LogP contribution in [0.3, 0.4) is 0 Å². The molecule has 0 aliphatic carbocycles.